The van der Waals surface area contributed by atoms with Gasteiger partial charge in [0.2, 0.25) is 5.43 Å². The molecule has 2 heterocycles. The van der Waals surface area contributed by atoms with Crippen LogP contribution >= 0.6 is 0 Å². The number of hydrogen-bond donors (Lipinski definition) is 4. The Morgan fingerprint density at radius 2 is 1.78 bits per heavy atom. The zero-order valence-corrected chi connectivity index (χ0v) is 18.3. The Labute approximate surface area is 184 Å². The molecule has 0 radical (unpaired) electrons. The number of benzene rings is 2. The molecule has 0 saturated carbocycles. The van der Waals surface area contributed by atoms with Gasteiger partial charge in [-0.1, -0.05) is 12.1 Å². The van der Waals surface area contributed by atoms with Gasteiger partial charge in [0.15, 0.2) is 0 Å². The van der Waals surface area contributed by atoms with Crippen LogP contribution in [0.3, 0.4) is 0 Å². The minimum atomic E-state index is -1.44. The molecule has 168 valence electrons. The molecule has 1 atom stereocenters. The van der Waals surface area contributed by atoms with Crippen LogP contribution in [0.4, 0.5) is 0 Å². The van der Waals surface area contributed by atoms with Gasteiger partial charge in [0.25, 0.3) is 0 Å². The van der Waals surface area contributed by atoms with Crippen molar-refractivity contribution in [1.29, 1.82) is 0 Å². The SMILES string of the molecule is CC1(C)C=Cc2c(O)c(CC(O)C(C)(C)O)c3occ(-c4ccc(O)cc4)c(=O)c3c2O1. The first-order valence-electron chi connectivity index (χ1n) is 10.3. The summed E-state index contributed by atoms with van der Waals surface area (Å²) < 4.78 is 11.9. The monoisotopic (exact) mass is 438 g/mol. The molecule has 1 aliphatic rings. The highest BCUT2D eigenvalue weighted by atomic mass is 16.5. The van der Waals surface area contributed by atoms with Gasteiger partial charge >= 0.3 is 0 Å². The number of aliphatic hydroxyl groups excluding tert-OH is 1. The maximum absolute atomic E-state index is 13.6. The second-order valence-corrected chi connectivity index (χ2v) is 9.21. The summed E-state index contributed by atoms with van der Waals surface area (Å²) in [5, 5.41) is 41.4. The molecule has 1 aromatic heterocycles. The van der Waals surface area contributed by atoms with Gasteiger partial charge in [-0.3, -0.25) is 4.79 Å². The van der Waals surface area contributed by atoms with Crippen molar-refractivity contribution in [3.05, 3.63) is 58.0 Å². The van der Waals surface area contributed by atoms with E-state index in [2.05, 4.69) is 0 Å². The topological polar surface area (TPSA) is 120 Å². The lowest BCUT2D eigenvalue weighted by Crippen LogP contribution is -2.37. The molecule has 1 unspecified atom stereocenters. The van der Waals surface area contributed by atoms with Gasteiger partial charge in [0.1, 0.15) is 40.1 Å². The number of aliphatic hydroxyl groups is 2. The van der Waals surface area contributed by atoms with Crippen molar-refractivity contribution >= 4 is 17.0 Å². The number of ether oxygens (including phenoxy) is 1. The first kappa shape index (κ1) is 21.9. The maximum atomic E-state index is 13.6. The number of fused-ring (bicyclic) bond motifs is 3. The molecular formula is C25H26O7. The summed E-state index contributed by atoms with van der Waals surface area (Å²) in [7, 11) is 0. The summed E-state index contributed by atoms with van der Waals surface area (Å²) in [5.41, 5.74) is -1.13. The van der Waals surface area contributed by atoms with Crippen LogP contribution in [0, 0.1) is 0 Å². The van der Waals surface area contributed by atoms with Crippen molar-refractivity contribution < 1.29 is 29.6 Å². The van der Waals surface area contributed by atoms with E-state index in [4.69, 9.17) is 9.15 Å². The lowest BCUT2D eigenvalue weighted by molar-refractivity contribution is -0.0470. The van der Waals surface area contributed by atoms with Gasteiger partial charge in [-0.2, -0.15) is 0 Å². The van der Waals surface area contributed by atoms with Crippen LogP contribution in [0.1, 0.15) is 38.8 Å². The molecule has 0 bridgehead atoms. The van der Waals surface area contributed by atoms with Gasteiger partial charge in [-0.05, 0) is 57.5 Å². The van der Waals surface area contributed by atoms with Crippen LogP contribution in [-0.2, 0) is 6.42 Å². The molecule has 0 amide bonds. The molecule has 7 heteroatoms. The van der Waals surface area contributed by atoms with E-state index in [1.54, 1.807) is 24.3 Å². The summed E-state index contributed by atoms with van der Waals surface area (Å²) in [6.45, 7) is 6.57. The number of hydrogen-bond acceptors (Lipinski definition) is 7. The number of phenolic OH excluding ortho intramolecular Hbond substituents is 2. The molecule has 3 aromatic rings. The molecular weight excluding hydrogens is 412 g/mol. The molecule has 2 aromatic carbocycles. The quantitative estimate of drug-likeness (QED) is 0.490. The zero-order chi connectivity index (χ0) is 23.4. The van der Waals surface area contributed by atoms with Crippen LogP contribution in [0.2, 0.25) is 0 Å². The summed E-state index contributed by atoms with van der Waals surface area (Å²) >= 11 is 0. The largest absolute Gasteiger partial charge is 0.508 e. The van der Waals surface area contributed by atoms with Crippen molar-refractivity contribution in [3.63, 3.8) is 0 Å². The highest BCUT2D eigenvalue weighted by Gasteiger charge is 2.33. The highest BCUT2D eigenvalue weighted by molar-refractivity contribution is 5.96. The molecule has 7 nitrogen and oxygen atoms in total. The molecule has 0 fully saturated rings. The fraction of sp³-hybridized carbons (Fsp3) is 0.320. The average molecular weight is 438 g/mol. The fourth-order valence-electron chi connectivity index (χ4n) is 3.72. The van der Waals surface area contributed by atoms with Crippen LogP contribution in [0.15, 0.2) is 45.8 Å². The summed E-state index contributed by atoms with van der Waals surface area (Å²) in [4.78, 5) is 13.6. The van der Waals surface area contributed by atoms with E-state index >= 15 is 0 Å². The van der Waals surface area contributed by atoms with Gasteiger partial charge in [0.05, 0.1) is 22.8 Å². The van der Waals surface area contributed by atoms with Crippen molar-refractivity contribution in [2.75, 3.05) is 0 Å². The van der Waals surface area contributed by atoms with Crippen LogP contribution in [-0.4, -0.2) is 37.7 Å². The third kappa shape index (κ3) is 3.74. The number of rotatable bonds is 4. The van der Waals surface area contributed by atoms with E-state index in [1.807, 2.05) is 13.8 Å². The molecule has 4 N–H and O–H groups in total. The predicted octanol–water partition coefficient (Wildman–Crippen LogP) is 3.73. The molecule has 0 aliphatic carbocycles. The Kier molecular flexibility index (Phi) is 5.07. The molecule has 1 aliphatic heterocycles. The molecule has 0 saturated heterocycles. The van der Waals surface area contributed by atoms with E-state index in [0.29, 0.717) is 11.1 Å². The first-order valence-corrected chi connectivity index (χ1v) is 10.3. The third-order valence-corrected chi connectivity index (χ3v) is 5.69. The van der Waals surface area contributed by atoms with Gasteiger partial charge < -0.3 is 29.6 Å². The van der Waals surface area contributed by atoms with Crippen molar-refractivity contribution in [1.82, 2.24) is 0 Å². The van der Waals surface area contributed by atoms with E-state index in [0.717, 1.165) is 0 Å². The lowest BCUT2D eigenvalue weighted by atomic mass is 9.90. The van der Waals surface area contributed by atoms with Gasteiger partial charge in [-0.25, -0.2) is 0 Å². The van der Waals surface area contributed by atoms with Gasteiger partial charge in [-0.15, -0.1) is 0 Å². The minimum Gasteiger partial charge on any atom is -0.508 e. The average Bonchev–Trinajstić information content (AvgIpc) is 2.70. The van der Waals surface area contributed by atoms with E-state index in [9.17, 15) is 25.2 Å². The zero-order valence-electron chi connectivity index (χ0n) is 18.3. The first-order chi connectivity index (χ1) is 14.9. The van der Waals surface area contributed by atoms with Crippen LogP contribution in [0.5, 0.6) is 17.2 Å². The van der Waals surface area contributed by atoms with E-state index < -0.39 is 17.3 Å². The Morgan fingerprint density at radius 3 is 2.41 bits per heavy atom. The standard InChI is InChI=1S/C25H26O7/c1-24(2)10-9-15-20(28)16(11-18(27)25(3,4)30)22-19(23(15)32-24)21(29)17(12-31-22)13-5-7-14(26)8-6-13/h5-10,12,18,26-28,30H,11H2,1-4H3. The second kappa shape index (κ2) is 7.39. The smallest absolute Gasteiger partial charge is 0.204 e. The van der Waals surface area contributed by atoms with E-state index in [-0.39, 0.29) is 51.2 Å². The molecule has 4 rings (SSSR count). The highest BCUT2D eigenvalue weighted by Crippen LogP contribution is 2.45. The van der Waals surface area contributed by atoms with E-state index in [1.165, 1.54) is 32.2 Å². The number of phenols is 2. The maximum Gasteiger partial charge on any atom is 0.204 e. The Morgan fingerprint density at radius 1 is 1.12 bits per heavy atom. The van der Waals surface area contributed by atoms with Crippen molar-refractivity contribution in [3.8, 4) is 28.4 Å². The predicted molar refractivity (Wildman–Crippen MR) is 121 cm³/mol. The van der Waals surface area contributed by atoms with Crippen LogP contribution in [0.25, 0.3) is 28.2 Å². The van der Waals surface area contributed by atoms with Crippen molar-refractivity contribution in [2.24, 2.45) is 0 Å². The Bertz CT molecular complexity index is 1280. The normalized spacial score (nSPS) is 15.9. The fourth-order valence-corrected chi connectivity index (χ4v) is 3.72. The summed E-state index contributed by atoms with van der Waals surface area (Å²) in [6, 6.07) is 6.14. The Balaban J connectivity index is 2.04. The minimum absolute atomic E-state index is 0.0688. The van der Waals surface area contributed by atoms with Crippen LogP contribution < -0.4 is 10.2 Å². The molecule has 32 heavy (non-hydrogen) atoms. The van der Waals surface area contributed by atoms with Gasteiger partial charge in [0, 0.05) is 12.0 Å². The third-order valence-electron chi connectivity index (χ3n) is 5.69. The lowest BCUT2D eigenvalue weighted by Gasteiger charge is -2.30. The Hall–Kier alpha value is -3.29. The summed E-state index contributed by atoms with van der Waals surface area (Å²) in [6.07, 6.45) is 3.37. The van der Waals surface area contributed by atoms with Crippen molar-refractivity contribution in [2.45, 2.75) is 51.4 Å². The second-order valence-electron chi connectivity index (χ2n) is 9.21. The molecule has 0 spiro atoms. The summed E-state index contributed by atoms with van der Waals surface area (Å²) in [5.74, 6) is 0.0864. The number of aromatic hydroxyl groups is 2.